The Labute approximate surface area is 187 Å². The molecular weight excluding hydrogens is 430 g/mol. The van der Waals surface area contributed by atoms with Crippen molar-refractivity contribution in [2.75, 3.05) is 5.32 Å². The van der Waals surface area contributed by atoms with Crippen molar-refractivity contribution in [1.29, 1.82) is 0 Å². The molecule has 9 heteroatoms. The van der Waals surface area contributed by atoms with Gasteiger partial charge in [-0.3, -0.25) is 14.2 Å². The third-order valence-corrected chi connectivity index (χ3v) is 5.48. The van der Waals surface area contributed by atoms with Crippen molar-refractivity contribution in [2.24, 2.45) is 0 Å². The first-order chi connectivity index (χ1) is 16.0. The van der Waals surface area contributed by atoms with Crippen LogP contribution in [0.15, 0.2) is 71.9 Å². The summed E-state index contributed by atoms with van der Waals surface area (Å²) in [6.45, 7) is -2.79. The lowest BCUT2D eigenvalue weighted by Crippen LogP contribution is -2.26. The van der Waals surface area contributed by atoms with Gasteiger partial charge in [-0.1, -0.05) is 30.3 Å². The van der Waals surface area contributed by atoms with E-state index in [9.17, 15) is 18.4 Å². The predicted octanol–water partition coefficient (Wildman–Crippen LogP) is 4.60. The standard InChI is InChI=1S/C24H20F2N4O3/c25-24(26)30-10-4-7-18(23(30)32)28-22(31)17-12-29-13-19(16-8-9-16)27-21(29)11-20(17)33-14-15-5-2-1-3-6-15/h1-7,10-13,16,24H,8-9,14H2,(H,28,31). The lowest BCUT2D eigenvalue weighted by atomic mass is 10.2. The number of carbonyl (C=O) groups excluding carboxylic acids is 1. The van der Waals surface area contributed by atoms with Gasteiger partial charge in [-0.2, -0.15) is 8.78 Å². The molecule has 0 bridgehead atoms. The molecule has 0 radical (unpaired) electrons. The highest BCUT2D eigenvalue weighted by Crippen LogP contribution is 2.39. The fourth-order valence-electron chi connectivity index (χ4n) is 3.59. The van der Waals surface area contributed by atoms with Crippen molar-refractivity contribution in [1.82, 2.24) is 14.0 Å². The predicted molar refractivity (Wildman–Crippen MR) is 118 cm³/mol. The van der Waals surface area contributed by atoms with E-state index in [0.29, 0.717) is 11.6 Å². The number of halogens is 2. The zero-order chi connectivity index (χ0) is 22.9. The van der Waals surface area contributed by atoms with Crippen LogP contribution >= 0.6 is 0 Å². The quantitative estimate of drug-likeness (QED) is 0.447. The molecule has 1 saturated carbocycles. The molecule has 0 spiro atoms. The smallest absolute Gasteiger partial charge is 0.321 e. The van der Waals surface area contributed by atoms with Gasteiger partial charge in [0, 0.05) is 30.6 Å². The maximum atomic E-state index is 13.1. The number of alkyl halides is 2. The molecule has 33 heavy (non-hydrogen) atoms. The first-order valence-corrected chi connectivity index (χ1v) is 10.5. The summed E-state index contributed by atoms with van der Waals surface area (Å²) in [6, 6.07) is 13.7. The molecule has 4 aromatic rings. The van der Waals surface area contributed by atoms with E-state index in [0.717, 1.165) is 30.3 Å². The van der Waals surface area contributed by atoms with Crippen molar-refractivity contribution in [2.45, 2.75) is 31.9 Å². The summed E-state index contributed by atoms with van der Waals surface area (Å²) in [5, 5.41) is 2.45. The Morgan fingerprint density at radius 3 is 2.67 bits per heavy atom. The first-order valence-electron chi connectivity index (χ1n) is 10.5. The fraction of sp³-hybridized carbons (Fsp3) is 0.208. The second-order valence-electron chi connectivity index (χ2n) is 7.90. The van der Waals surface area contributed by atoms with Crippen molar-refractivity contribution < 1.29 is 18.3 Å². The second-order valence-corrected chi connectivity index (χ2v) is 7.90. The number of fused-ring (bicyclic) bond motifs is 1. The van der Waals surface area contributed by atoms with E-state index < -0.39 is 18.0 Å². The highest BCUT2D eigenvalue weighted by molar-refractivity contribution is 6.06. The number of nitrogens with one attached hydrogen (secondary N) is 1. The van der Waals surface area contributed by atoms with Crippen LogP contribution in [0, 0.1) is 0 Å². The average Bonchev–Trinajstić information content (AvgIpc) is 3.58. The molecule has 1 N–H and O–H groups in total. The number of amides is 1. The number of nitrogens with zero attached hydrogens (tertiary/aromatic N) is 3. The number of pyridine rings is 2. The van der Waals surface area contributed by atoms with E-state index in [2.05, 4.69) is 10.3 Å². The Bertz CT molecular complexity index is 1380. The third kappa shape index (κ3) is 4.34. The second kappa shape index (κ2) is 8.50. The summed E-state index contributed by atoms with van der Waals surface area (Å²) in [4.78, 5) is 30.0. The molecule has 7 nitrogen and oxygen atoms in total. The summed E-state index contributed by atoms with van der Waals surface area (Å²) in [7, 11) is 0. The zero-order valence-electron chi connectivity index (χ0n) is 17.4. The highest BCUT2D eigenvalue weighted by atomic mass is 19.3. The van der Waals surface area contributed by atoms with Crippen LogP contribution in [0.2, 0.25) is 0 Å². The van der Waals surface area contributed by atoms with E-state index in [1.165, 1.54) is 12.1 Å². The lowest BCUT2D eigenvalue weighted by molar-refractivity contribution is 0.0665. The topological polar surface area (TPSA) is 77.6 Å². The SMILES string of the molecule is O=C(Nc1cccn(C(F)F)c1=O)c1cn2cc(C3CC3)nc2cc1OCc1ccccc1. The van der Waals surface area contributed by atoms with Gasteiger partial charge in [-0.25, -0.2) is 4.98 Å². The number of hydrogen-bond acceptors (Lipinski definition) is 4. The number of imidazole rings is 1. The lowest BCUT2D eigenvalue weighted by Gasteiger charge is -2.13. The molecule has 1 fully saturated rings. The fourth-order valence-corrected chi connectivity index (χ4v) is 3.59. The molecule has 0 aliphatic heterocycles. The number of benzene rings is 1. The number of anilines is 1. The molecule has 3 aromatic heterocycles. The Hall–Kier alpha value is -4.01. The normalized spacial score (nSPS) is 13.4. The van der Waals surface area contributed by atoms with Gasteiger partial charge in [0.1, 0.15) is 23.7 Å². The number of ether oxygens (including phenoxy) is 1. The minimum atomic E-state index is -3.01. The summed E-state index contributed by atoms with van der Waals surface area (Å²) in [5.41, 5.74) is 1.41. The van der Waals surface area contributed by atoms with Gasteiger partial charge in [-0.15, -0.1) is 0 Å². The van der Waals surface area contributed by atoms with Gasteiger partial charge in [0.25, 0.3) is 11.5 Å². The largest absolute Gasteiger partial charge is 0.488 e. The van der Waals surface area contributed by atoms with Crippen LogP contribution in [0.3, 0.4) is 0 Å². The Morgan fingerprint density at radius 2 is 1.94 bits per heavy atom. The van der Waals surface area contributed by atoms with Gasteiger partial charge >= 0.3 is 6.55 Å². The maximum Gasteiger partial charge on any atom is 0.321 e. The van der Waals surface area contributed by atoms with Crippen molar-refractivity contribution >= 4 is 17.2 Å². The van der Waals surface area contributed by atoms with Crippen LogP contribution in [0.4, 0.5) is 14.5 Å². The van der Waals surface area contributed by atoms with Crippen molar-refractivity contribution in [3.8, 4) is 5.75 Å². The minimum absolute atomic E-state index is 0.157. The maximum absolute atomic E-state index is 13.1. The molecule has 1 aliphatic rings. The van der Waals surface area contributed by atoms with Crippen molar-refractivity contribution in [3.63, 3.8) is 0 Å². The summed E-state index contributed by atoms with van der Waals surface area (Å²) in [6.07, 6.45) is 6.58. The Kier molecular flexibility index (Phi) is 5.37. The molecule has 0 saturated heterocycles. The summed E-state index contributed by atoms with van der Waals surface area (Å²) >= 11 is 0. The van der Waals surface area contributed by atoms with Crippen LogP contribution in [-0.4, -0.2) is 19.9 Å². The minimum Gasteiger partial charge on any atom is -0.488 e. The van der Waals surface area contributed by atoms with Gasteiger partial charge in [0.2, 0.25) is 0 Å². The number of rotatable bonds is 7. The van der Waals surface area contributed by atoms with Crippen LogP contribution in [-0.2, 0) is 6.61 Å². The van der Waals surface area contributed by atoms with Crippen LogP contribution < -0.4 is 15.6 Å². The molecule has 0 atom stereocenters. The molecule has 1 aliphatic carbocycles. The summed E-state index contributed by atoms with van der Waals surface area (Å²) < 4.78 is 34.1. The van der Waals surface area contributed by atoms with Gasteiger partial charge in [0.15, 0.2) is 0 Å². The Morgan fingerprint density at radius 1 is 1.15 bits per heavy atom. The molecule has 0 unspecified atom stereocenters. The van der Waals surface area contributed by atoms with E-state index in [-0.39, 0.29) is 28.2 Å². The van der Waals surface area contributed by atoms with Crippen molar-refractivity contribution in [3.05, 3.63) is 94.3 Å². The van der Waals surface area contributed by atoms with E-state index in [1.807, 2.05) is 36.5 Å². The van der Waals surface area contributed by atoms with Crippen LogP contribution in [0.25, 0.3) is 5.65 Å². The number of hydrogen-bond donors (Lipinski definition) is 1. The molecule has 1 aromatic carbocycles. The molecule has 1 amide bonds. The van der Waals surface area contributed by atoms with Crippen LogP contribution in [0.5, 0.6) is 5.75 Å². The number of carbonyl (C=O) groups is 1. The zero-order valence-corrected chi connectivity index (χ0v) is 17.4. The molecule has 3 heterocycles. The molecule has 168 valence electrons. The van der Waals surface area contributed by atoms with Gasteiger partial charge < -0.3 is 14.5 Å². The highest BCUT2D eigenvalue weighted by Gasteiger charge is 2.27. The van der Waals surface area contributed by atoms with Crippen LogP contribution in [0.1, 0.15) is 46.9 Å². The van der Waals surface area contributed by atoms with E-state index in [1.54, 1.807) is 16.7 Å². The first kappa shape index (κ1) is 20.9. The molecule has 5 rings (SSSR count). The monoisotopic (exact) mass is 450 g/mol. The van der Waals surface area contributed by atoms with Gasteiger partial charge in [-0.05, 0) is 30.5 Å². The van der Waals surface area contributed by atoms with E-state index >= 15 is 0 Å². The summed E-state index contributed by atoms with van der Waals surface area (Å²) in [5.74, 6) is 0.0562. The third-order valence-electron chi connectivity index (χ3n) is 5.48. The number of aromatic nitrogens is 3. The van der Waals surface area contributed by atoms with E-state index in [4.69, 9.17) is 4.74 Å². The molecular formula is C24H20F2N4O3. The Balaban J connectivity index is 1.50. The van der Waals surface area contributed by atoms with Gasteiger partial charge in [0.05, 0.1) is 11.3 Å². The average molecular weight is 450 g/mol.